The maximum atomic E-state index is 14.1. The summed E-state index contributed by atoms with van der Waals surface area (Å²) < 4.78 is 79.2. The van der Waals surface area contributed by atoms with E-state index in [9.17, 15) is 30.8 Å². The zero-order valence-electron chi connectivity index (χ0n) is 20.0. The lowest BCUT2D eigenvalue weighted by Crippen LogP contribution is -2.56. The van der Waals surface area contributed by atoms with Crippen LogP contribution in [0.25, 0.3) is 0 Å². The van der Waals surface area contributed by atoms with E-state index in [0.29, 0.717) is 18.8 Å². The van der Waals surface area contributed by atoms with Gasteiger partial charge in [-0.2, -0.15) is 13.2 Å². The van der Waals surface area contributed by atoms with Gasteiger partial charge in [0.25, 0.3) is 5.91 Å². The molecule has 1 aliphatic rings. The van der Waals surface area contributed by atoms with Crippen LogP contribution in [-0.2, 0) is 16.0 Å². The van der Waals surface area contributed by atoms with Gasteiger partial charge in [-0.25, -0.2) is 22.8 Å². The predicted octanol–water partition coefficient (Wildman–Crippen LogP) is 3.09. The van der Waals surface area contributed by atoms with Crippen LogP contribution in [0.15, 0.2) is 29.3 Å². The molecule has 1 amide bonds. The summed E-state index contributed by atoms with van der Waals surface area (Å²) in [6.45, 7) is 4.63. The van der Waals surface area contributed by atoms with E-state index in [-0.39, 0.29) is 24.5 Å². The lowest BCUT2D eigenvalue weighted by Gasteiger charge is -2.44. The van der Waals surface area contributed by atoms with Crippen LogP contribution in [0.2, 0.25) is 0 Å². The average molecular weight is 518 g/mol. The molecule has 0 spiro atoms. The summed E-state index contributed by atoms with van der Waals surface area (Å²) >= 11 is 0. The van der Waals surface area contributed by atoms with Gasteiger partial charge in [0.1, 0.15) is 10.7 Å². The van der Waals surface area contributed by atoms with E-state index in [2.05, 4.69) is 9.97 Å². The number of anilines is 2. The lowest BCUT2D eigenvalue weighted by molar-refractivity contribution is -0.141. The fourth-order valence-electron chi connectivity index (χ4n) is 3.96. The molecule has 0 bridgehead atoms. The van der Waals surface area contributed by atoms with E-state index < -0.39 is 43.9 Å². The van der Waals surface area contributed by atoms with Crippen LogP contribution in [0.3, 0.4) is 0 Å². The van der Waals surface area contributed by atoms with Crippen molar-refractivity contribution in [2.45, 2.75) is 31.0 Å². The van der Waals surface area contributed by atoms with Crippen LogP contribution < -0.4 is 9.80 Å². The maximum absolute atomic E-state index is 14.1. The molecule has 35 heavy (non-hydrogen) atoms. The SMILES string of the molecule is CC(C)C1CN(c2ccc(F)c(S(C)(=O)=O)c2)CCN1c1ncc(C(=O)N(C)C)c(C(F)(F)F)n1. The highest BCUT2D eigenvalue weighted by atomic mass is 32.2. The van der Waals surface area contributed by atoms with Crippen molar-refractivity contribution in [2.75, 3.05) is 49.8 Å². The number of hydrogen-bond acceptors (Lipinski definition) is 7. The van der Waals surface area contributed by atoms with Crippen molar-refractivity contribution in [1.29, 1.82) is 0 Å². The number of hydrogen-bond donors (Lipinski definition) is 0. The molecular weight excluding hydrogens is 490 g/mol. The van der Waals surface area contributed by atoms with Crippen LogP contribution in [0.1, 0.15) is 29.9 Å². The first-order valence-electron chi connectivity index (χ1n) is 10.8. The quantitative estimate of drug-likeness (QED) is 0.564. The van der Waals surface area contributed by atoms with Gasteiger partial charge in [0.15, 0.2) is 15.5 Å². The fourth-order valence-corrected chi connectivity index (χ4v) is 4.72. The van der Waals surface area contributed by atoms with Gasteiger partial charge in [0.2, 0.25) is 5.95 Å². The molecule has 1 unspecified atom stereocenters. The molecule has 1 aromatic heterocycles. The summed E-state index contributed by atoms with van der Waals surface area (Å²) in [7, 11) is -1.10. The van der Waals surface area contributed by atoms with E-state index in [4.69, 9.17) is 0 Å². The molecule has 1 aliphatic heterocycles. The largest absolute Gasteiger partial charge is 0.434 e. The van der Waals surface area contributed by atoms with Gasteiger partial charge in [0.05, 0.1) is 11.6 Å². The molecule has 0 N–H and O–H groups in total. The summed E-state index contributed by atoms with van der Waals surface area (Å²) in [5.41, 5.74) is -1.45. The number of piperazine rings is 1. The fraction of sp³-hybridized carbons (Fsp3) is 0.500. The highest BCUT2D eigenvalue weighted by Gasteiger charge is 2.40. The number of halogens is 4. The number of benzene rings is 1. The topological polar surface area (TPSA) is 86.7 Å². The van der Waals surface area contributed by atoms with Gasteiger partial charge in [0, 0.05) is 51.9 Å². The van der Waals surface area contributed by atoms with E-state index in [0.717, 1.165) is 23.4 Å². The number of alkyl halides is 3. The highest BCUT2D eigenvalue weighted by molar-refractivity contribution is 7.90. The zero-order chi connectivity index (χ0) is 26.3. The average Bonchev–Trinajstić information content (AvgIpc) is 2.76. The first-order chi connectivity index (χ1) is 16.1. The summed E-state index contributed by atoms with van der Waals surface area (Å²) in [5.74, 6) is -1.90. The van der Waals surface area contributed by atoms with E-state index >= 15 is 0 Å². The number of aromatic nitrogens is 2. The Morgan fingerprint density at radius 1 is 1.20 bits per heavy atom. The Morgan fingerprint density at radius 2 is 1.86 bits per heavy atom. The molecule has 192 valence electrons. The van der Waals surface area contributed by atoms with Crippen LogP contribution in [0.4, 0.5) is 29.2 Å². The predicted molar refractivity (Wildman–Crippen MR) is 123 cm³/mol. The molecule has 0 saturated carbocycles. The molecule has 8 nitrogen and oxygen atoms in total. The lowest BCUT2D eigenvalue weighted by atomic mass is 9.99. The Labute approximate surface area is 201 Å². The number of carbonyl (C=O) groups is 1. The normalized spacial score (nSPS) is 17.1. The van der Waals surface area contributed by atoms with Crippen molar-refractivity contribution in [2.24, 2.45) is 5.92 Å². The molecule has 1 atom stereocenters. The van der Waals surface area contributed by atoms with E-state index in [1.165, 1.54) is 26.2 Å². The summed E-state index contributed by atoms with van der Waals surface area (Å²) in [4.78, 5) is 24.2. The molecule has 2 heterocycles. The molecule has 3 rings (SSSR count). The highest BCUT2D eigenvalue weighted by Crippen LogP contribution is 2.33. The molecule has 0 aliphatic carbocycles. The van der Waals surface area contributed by atoms with Gasteiger partial charge in [-0.1, -0.05) is 13.8 Å². The van der Waals surface area contributed by atoms with Crippen molar-refractivity contribution in [3.8, 4) is 0 Å². The van der Waals surface area contributed by atoms with E-state index in [1.54, 1.807) is 4.90 Å². The standard InChI is InChI=1S/C22H27F4N5O3S/c1-13(2)17-12-30(14-6-7-16(23)18(10-14)35(5,33)34)8-9-31(17)21-27-11-15(20(32)29(3)4)19(28-21)22(24,25)26/h6-7,10-11,13,17H,8-9,12H2,1-5H3. The molecule has 1 saturated heterocycles. The molecular formula is C22H27F4N5O3S. The number of carbonyl (C=O) groups excluding carboxylic acids is 1. The van der Waals surface area contributed by atoms with Gasteiger partial charge < -0.3 is 14.7 Å². The van der Waals surface area contributed by atoms with Crippen LogP contribution >= 0.6 is 0 Å². The molecule has 1 aromatic carbocycles. The van der Waals surface area contributed by atoms with Crippen LogP contribution in [0.5, 0.6) is 0 Å². The minimum absolute atomic E-state index is 0.0475. The number of nitrogens with zero attached hydrogens (tertiary/aromatic N) is 5. The van der Waals surface area contributed by atoms with Crippen molar-refractivity contribution in [3.63, 3.8) is 0 Å². The van der Waals surface area contributed by atoms with E-state index in [1.807, 2.05) is 18.7 Å². The number of rotatable bonds is 5. The van der Waals surface area contributed by atoms with Crippen molar-refractivity contribution in [3.05, 3.63) is 41.5 Å². The first-order valence-corrected chi connectivity index (χ1v) is 12.7. The molecule has 1 fully saturated rings. The van der Waals surface area contributed by atoms with Crippen molar-refractivity contribution in [1.82, 2.24) is 14.9 Å². The second-order valence-electron chi connectivity index (χ2n) is 8.97. The number of amides is 1. The second-order valence-corrected chi connectivity index (χ2v) is 11.0. The summed E-state index contributed by atoms with van der Waals surface area (Å²) in [6, 6.07) is 3.47. The Balaban J connectivity index is 1.97. The Kier molecular flexibility index (Phi) is 7.30. The van der Waals surface area contributed by atoms with Crippen LogP contribution in [0, 0.1) is 11.7 Å². The third-order valence-electron chi connectivity index (χ3n) is 5.81. The van der Waals surface area contributed by atoms with Gasteiger partial charge in [-0.3, -0.25) is 4.79 Å². The molecule has 2 aromatic rings. The maximum Gasteiger partial charge on any atom is 0.434 e. The minimum atomic E-state index is -4.86. The second kappa shape index (κ2) is 9.59. The smallest absolute Gasteiger partial charge is 0.368 e. The third-order valence-corrected chi connectivity index (χ3v) is 6.92. The Bertz CT molecular complexity index is 1220. The Morgan fingerprint density at radius 3 is 2.40 bits per heavy atom. The first kappa shape index (κ1) is 26.6. The minimum Gasteiger partial charge on any atom is -0.368 e. The van der Waals surface area contributed by atoms with Crippen molar-refractivity contribution >= 4 is 27.4 Å². The third kappa shape index (κ3) is 5.65. The zero-order valence-corrected chi connectivity index (χ0v) is 20.8. The summed E-state index contributed by atoms with van der Waals surface area (Å²) in [5, 5.41) is 0. The Hall–Kier alpha value is -2.96. The summed E-state index contributed by atoms with van der Waals surface area (Å²) in [6.07, 6.45) is -3.04. The van der Waals surface area contributed by atoms with Crippen LogP contribution in [-0.4, -0.2) is 75.2 Å². The van der Waals surface area contributed by atoms with Gasteiger partial charge in [-0.05, 0) is 24.1 Å². The monoisotopic (exact) mass is 517 g/mol. The van der Waals surface area contributed by atoms with Gasteiger partial charge in [-0.15, -0.1) is 0 Å². The molecule has 0 radical (unpaired) electrons. The van der Waals surface area contributed by atoms with Gasteiger partial charge >= 0.3 is 6.18 Å². The number of sulfone groups is 1. The van der Waals surface area contributed by atoms with Crippen molar-refractivity contribution < 1.29 is 30.8 Å². The molecule has 13 heteroatoms.